The zero-order valence-electron chi connectivity index (χ0n) is 14.6. The summed E-state index contributed by atoms with van der Waals surface area (Å²) in [4.78, 5) is 19.0. The average molecular weight is 390 g/mol. The Hall–Kier alpha value is -1.80. The molecule has 26 heavy (non-hydrogen) atoms. The molecule has 0 aromatic carbocycles. The van der Waals surface area contributed by atoms with Crippen molar-refractivity contribution in [2.24, 2.45) is 0 Å². The van der Waals surface area contributed by atoms with E-state index in [1.54, 1.807) is 11.3 Å². The van der Waals surface area contributed by atoms with E-state index in [0.29, 0.717) is 18.5 Å². The molecule has 3 aromatic rings. The van der Waals surface area contributed by atoms with Crippen LogP contribution >= 0.6 is 22.9 Å². The summed E-state index contributed by atoms with van der Waals surface area (Å²) in [6.07, 6.45) is 1.83. The molecule has 0 spiro atoms. The Morgan fingerprint density at radius 2 is 2.08 bits per heavy atom. The van der Waals surface area contributed by atoms with Crippen molar-refractivity contribution in [2.45, 2.75) is 13.1 Å². The van der Waals surface area contributed by atoms with Crippen molar-refractivity contribution in [3.63, 3.8) is 0 Å². The van der Waals surface area contributed by atoms with Crippen molar-refractivity contribution in [1.29, 1.82) is 0 Å². The molecule has 0 N–H and O–H groups in total. The van der Waals surface area contributed by atoms with Gasteiger partial charge in [-0.3, -0.25) is 9.88 Å². The first-order valence-electron chi connectivity index (χ1n) is 8.56. The van der Waals surface area contributed by atoms with Crippen LogP contribution in [0.15, 0.2) is 30.5 Å². The van der Waals surface area contributed by atoms with E-state index in [-0.39, 0.29) is 0 Å². The molecule has 4 rings (SSSR count). The summed E-state index contributed by atoms with van der Waals surface area (Å²) in [6.45, 7) is 4.72. The summed E-state index contributed by atoms with van der Waals surface area (Å²) >= 11 is 7.91. The van der Waals surface area contributed by atoms with Gasteiger partial charge in [0, 0.05) is 37.3 Å². The summed E-state index contributed by atoms with van der Waals surface area (Å²) in [6, 6.07) is 8.11. The predicted molar refractivity (Wildman–Crippen MR) is 105 cm³/mol. The van der Waals surface area contributed by atoms with Crippen LogP contribution in [0.4, 0.5) is 5.82 Å². The van der Waals surface area contributed by atoms with Gasteiger partial charge in [0.15, 0.2) is 5.82 Å². The Kier molecular flexibility index (Phi) is 5.31. The monoisotopic (exact) mass is 389 g/mol. The van der Waals surface area contributed by atoms with Gasteiger partial charge in [-0.2, -0.15) is 4.98 Å². The van der Waals surface area contributed by atoms with Gasteiger partial charge in [-0.05, 0) is 36.8 Å². The molecule has 8 heteroatoms. The van der Waals surface area contributed by atoms with Crippen LogP contribution in [0.5, 0.6) is 0 Å². The molecule has 1 aliphatic heterocycles. The number of nitrogens with zero attached hydrogens (tertiary/aromatic N) is 5. The molecule has 0 bridgehead atoms. The van der Waals surface area contributed by atoms with E-state index in [4.69, 9.17) is 16.3 Å². The van der Waals surface area contributed by atoms with Gasteiger partial charge in [-0.25, -0.2) is 4.98 Å². The first-order valence-corrected chi connectivity index (χ1v) is 9.75. The highest BCUT2D eigenvalue weighted by atomic mass is 35.5. The minimum absolute atomic E-state index is 0.296. The lowest BCUT2D eigenvalue weighted by atomic mass is 10.3. The van der Waals surface area contributed by atoms with E-state index < -0.39 is 0 Å². The third-order valence-corrected chi connectivity index (χ3v) is 5.55. The van der Waals surface area contributed by atoms with E-state index in [0.717, 1.165) is 47.9 Å². The second-order valence-corrected chi connectivity index (χ2v) is 7.81. The predicted octanol–water partition coefficient (Wildman–Crippen LogP) is 3.21. The maximum atomic E-state index is 6.17. The fraction of sp³-hybridized carbons (Fsp3) is 0.389. The summed E-state index contributed by atoms with van der Waals surface area (Å²) in [5, 5.41) is 0.296. The van der Waals surface area contributed by atoms with Crippen LogP contribution in [0.25, 0.3) is 10.2 Å². The molecule has 0 amide bonds. The molecule has 0 atom stereocenters. The molecule has 1 aliphatic rings. The number of hydrogen-bond acceptors (Lipinski definition) is 7. The molecule has 1 saturated heterocycles. The van der Waals surface area contributed by atoms with E-state index in [1.165, 1.54) is 4.88 Å². The Morgan fingerprint density at radius 1 is 1.23 bits per heavy atom. The lowest BCUT2D eigenvalue weighted by Crippen LogP contribution is -2.36. The number of morpholine rings is 1. The molecule has 0 radical (unpaired) electrons. The third-order valence-electron chi connectivity index (χ3n) is 4.27. The number of ether oxygens (including phenoxy) is 1. The van der Waals surface area contributed by atoms with Gasteiger partial charge in [-0.15, -0.1) is 11.3 Å². The van der Waals surface area contributed by atoms with Crippen molar-refractivity contribution in [1.82, 2.24) is 19.9 Å². The largest absolute Gasteiger partial charge is 0.378 e. The van der Waals surface area contributed by atoms with Gasteiger partial charge in [0.25, 0.3) is 0 Å². The highest BCUT2D eigenvalue weighted by Gasteiger charge is 2.19. The number of halogens is 1. The van der Waals surface area contributed by atoms with Gasteiger partial charge in [0.05, 0.1) is 29.1 Å². The van der Waals surface area contributed by atoms with Crippen LogP contribution in [0.1, 0.15) is 10.6 Å². The maximum Gasteiger partial charge on any atom is 0.224 e. The van der Waals surface area contributed by atoms with Crippen LogP contribution in [0.2, 0.25) is 5.28 Å². The maximum absolute atomic E-state index is 6.17. The Morgan fingerprint density at radius 3 is 2.85 bits per heavy atom. The van der Waals surface area contributed by atoms with Crippen LogP contribution < -0.4 is 4.90 Å². The normalized spacial score (nSPS) is 15.1. The molecular formula is C18H20ClN5OS. The summed E-state index contributed by atoms with van der Waals surface area (Å²) in [5.41, 5.74) is 1.98. The number of anilines is 1. The topological polar surface area (TPSA) is 54.4 Å². The number of aromatic nitrogens is 3. The Labute approximate surface area is 161 Å². The third kappa shape index (κ3) is 3.96. The summed E-state index contributed by atoms with van der Waals surface area (Å²) in [5.74, 6) is 0.923. The summed E-state index contributed by atoms with van der Waals surface area (Å²) in [7, 11) is 2.10. The quantitative estimate of drug-likeness (QED) is 0.624. The lowest BCUT2D eigenvalue weighted by Gasteiger charge is -2.28. The molecular weight excluding hydrogens is 370 g/mol. The molecule has 6 nitrogen and oxygen atoms in total. The first-order chi connectivity index (χ1) is 12.7. The molecule has 4 heterocycles. The van der Waals surface area contributed by atoms with Crippen molar-refractivity contribution in [3.8, 4) is 0 Å². The minimum Gasteiger partial charge on any atom is -0.378 e. The fourth-order valence-electron chi connectivity index (χ4n) is 3.09. The highest BCUT2D eigenvalue weighted by Crippen LogP contribution is 2.33. The number of fused-ring (bicyclic) bond motifs is 1. The van der Waals surface area contributed by atoms with E-state index in [1.807, 2.05) is 24.4 Å². The number of hydrogen-bond donors (Lipinski definition) is 0. The number of pyridine rings is 1. The summed E-state index contributed by atoms with van der Waals surface area (Å²) < 4.78 is 6.55. The second-order valence-electron chi connectivity index (χ2n) is 6.34. The van der Waals surface area contributed by atoms with Crippen LogP contribution in [0, 0.1) is 0 Å². The Balaban J connectivity index is 1.56. The zero-order chi connectivity index (χ0) is 17.9. The van der Waals surface area contributed by atoms with E-state index >= 15 is 0 Å². The Bertz CT molecular complexity index is 882. The zero-order valence-corrected chi connectivity index (χ0v) is 16.1. The SMILES string of the molecule is CN(Cc1ccccn1)Cc1cc2nc(Cl)nc(N3CCOCC3)c2s1. The van der Waals surface area contributed by atoms with Gasteiger partial charge < -0.3 is 9.64 Å². The molecule has 136 valence electrons. The number of rotatable bonds is 5. The van der Waals surface area contributed by atoms with Crippen molar-refractivity contribution in [2.75, 3.05) is 38.3 Å². The fourth-order valence-corrected chi connectivity index (χ4v) is 4.46. The standard InChI is InChI=1S/C18H20ClN5OS/c1-23(11-13-4-2-3-5-20-13)12-14-10-15-16(26-14)17(22-18(19)21-15)24-6-8-25-9-7-24/h2-5,10H,6-9,11-12H2,1H3. The first kappa shape index (κ1) is 17.6. The van der Waals surface area contributed by atoms with Crippen LogP contribution in [-0.4, -0.2) is 53.2 Å². The highest BCUT2D eigenvalue weighted by molar-refractivity contribution is 7.19. The van der Waals surface area contributed by atoms with Gasteiger partial charge in [-0.1, -0.05) is 6.07 Å². The van der Waals surface area contributed by atoms with Gasteiger partial charge >= 0.3 is 0 Å². The number of thiophene rings is 1. The molecule has 1 fully saturated rings. The lowest BCUT2D eigenvalue weighted by molar-refractivity contribution is 0.122. The van der Waals surface area contributed by atoms with Crippen LogP contribution in [0.3, 0.4) is 0 Å². The molecule has 0 aliphatic carbocycles. The second kappa shape index (κ2) is 7.84. The van der Waals surface area contributed by atoms with Crippen molar-refractivity contribution < 1.29 is 4.74 Å². The molecule has 0 saturated carbocycles. The van der Waals surface area contributed by atoms with Crippen molar-refractivity contribution >= 4 is 39.0 Å². The van der Waals surface area contributed by atoms with Gasteiger partial charge in [0.2, 0.25) is 5.28 Å². The molecule has 0 unspecified atom stereocenters. The van der Waals surface area contributed by atoms with Crippen molar-refractivity contribution in [3.05, 3.63) is 46.3 Å². The van der Waals surface area contributed by atoms with Crippen LogP contribution in [-0.2, 0) is 17.8 Å². The molecule has 3 aromatic heterocycles. The van der Waals surface area contributed by atoms with Gasteiger partial charge in [0.1, 0.15) is 0 Å². The average Bonchev–Trinajstić information content (AvgIpc) is 3.04. The van der Waals surface area contributed by atoms with E-state index in [2.05, 4.69) is 37.9 Å². The van der Waals surface area contributed by atoms with E-state index in [9.17, 15) is 0 Å². The smallest absolute Gasteiger partial charge is 0.224 e. The minimum atomic E-state index is 0.296.